The number of methoxy groups -OCH3 is 1. The second-order valence-corrected chi connectivity index (χ2v) is 6.30. The molecule has 0 bridgehead atoms. The van der Waals surface area contributed by atoms with Crippen molar-refractivity contribution in [3.8, 4) is 5.75 Å². The molecule has 0 saturated carbocycles. The van der Waals surface area contributed by atoms with Gasteiger partial charge in [0.15, 0.2) is 0 Å². The van der Waals surface area contributed by atoms with Crippen LogP contribution < -0.4 is 10.1 Å². The smallest absolute Gasteiger partial charge is 0.145 e. The summed E-state index contributed by atoms with van der Waals surface area (Å²) in [6, 6.07) is 3.87. The zero-order valence-corrected chi connectivity index (χ0v) is 14.2. The molecule has 21 heavy (non-hydrogen) atoms. The first kappa shape index (κ1) is 16.4. The summed E-state index contributed by atoms with van der Waals surface area (Å²) in [5, 5.41) is 5.05. The van der Waals surface area contributed by atoms with Gasteiger partial charge in [-0.2, -0.15) is 0 Å². The lowest BCUT2D eigenvalue weighted by Crippen LogP contribution is -2.25. The average Bonchev–Trinajstić information content (AvgIpc) is 2.95. The molecular weight excluding hydrogens is 360 g/mol. The SMILES string of the molecule is CCCNC(c1sccc1OC)c1c(F)ccc(Br)c1F. The summed E-state index contributed by atoms with van der Waals surface area (Å²) in [6.45, 7) is 2.65. The predicted molar refractivity (Wildman–Crippen MR) is 85.1 cm³/mol. The van der Waals surface area contributed by atoms with E-state index in [1.54, 1.807) is 13.2 Å². The number of halogens is 3. The second kappa shape index (κ2) is 7.33. The Morgan fingerprint density at radius 1 is 1.33 bits per heavy atom. The first-order valence-corrected chi connectivity index (χ1v) is 8.25. The van der Waals surface area contributed by atoms with E-state index in [0.29, 0.717) is 12.3 Å². The van der Waals surface area contributed by atoms with Gasteiger partial charge in [0.05, 0.1) is 22.5 Å². The summed E-state index contributed by atoms with van der Waals surface area (Å²) in [4.78, 5) is 0.766. The van der Waals surface area contributed by atoms with Gasteiger partial charge in [-0.25, -0.2) is 8.78 Å². The summed E-state index contributed by atoms with van der Waals surface area (Å²) in [5.74, 6) is -0.522. The lowest BCUT2D eigenvalue weighted by Gasteiger charge is -2.20. The highest BCUT2D eigenvalue weighted by atomic mass is 79.9. The van der Waals surface area contributed by atoms with Gasteiger partial charge in [0.1, 0.15) is 17.4 Å². The molecule has 1 aromatic heterocycles. The summed E-state index contributed by atoms with van der Waals surface area (Å²) in [6.07, 6.45) is 0.863. The molecule has 0 aliphatic heterocycles. The highest BCUT2D eigenvalue weighted by molar-refractivity contribution is 9.10. The van der Waals surface area contributed by atoms with Gasteiger partial charge in [-0.1, -0.05) is 6.92 Å². The van der Waals surface area contributed by atoms with Crippen LogP contribution in [-0.4, -0.2) is 13.7 Å². The molecule has 2 rings (SSSR count). The third-order valence-electron chi connectivity index (χ3n) is 3.11. The number of ether oxygens (including phenoxy) is 1. The standard InChI is InChI=1S/C15H16BrF2NOS/c1-3-7-19-14(15-11(20-2)6-8-21-15)12-10(17)5-4-9(16)13(12)18/h4-6,8,14,19H,3,7H2,1-2H3. The normalized spacial score (nSPS) is 12.4. The topological polar surface area (TPSA) is 21.3 Å². The van der Waals surface area contributed by atoms with Crippen LogP contribution in [0.4, 0.5) is 8.78 Å². The zero-order chi connectivity index (χ0) is 15.4. The highest BCUT2D eigenvalue weighted by Gasteiger charge is 2.26. The Labute approximate surface area is 135 Å². The minimum atomic E-state index is -0.584. The van der Waals surface area contributed by atoms with Crippen LogP contribution in [0.3, 0.4) is 0 Å². The van der Waals surface area contributed by atoms with Crippen LogP contribution in [0.2, 0.25) is 0 Å². The van der Waals surface area contributed by atoms with Crippen LogP contribution in [0.25, 0.3) is 0 Å². The molecule has 1 N–H and O–H groups in total. The maximum atomic E-state index is 14.4. The number of nitrogens with one attached hydrogen (secondary N) is 1. The minimum Gasteiger partial charge on any atom is -0.496 e. The fourth-order valence-electron chi connectivity index (χ4n) is 2.11. The van der Waals surface area contributed by atoms with Gasteiger partial charge in [-0.15, -0.1) is 11.3 Å². The van der Waals surface area contributed by atoms with Crippen molar-refractivity contribution < 1.29 is 13.5 Å². The summed E-state index contributed by atoms with van der Waals surface area (Å²) in [5.41, 5.74) is 0.0126. The molecule has 6 heteroatoms. The van der Waals surface area contributed by atoms with Crippen LogP contribution in [0.1, 0.15) is 29.8 Å². The Balaban J connectivity index is 2.53. The predicted octanol–water partition coefficient (Wildman–Crippen LogP) is 4.89. The Hall–Kier alpha value is -0.980. The zero-order valence-electron chi connectivity index (χ0n) is 11.8. The molecule has 1 unspecified atom stereocenters. The first-order valence-electron chi connectivity index (χ1n) is 6.58. The lowest BCUT2D eigenvalue weighted by molar-refractivity contribution is 0.404. The molecule has 1 aromatic carbocycles. The van der Waals surface area contributed by atoms with Crippen molar-refractivity contribution in [2.45, 2.75) is 19.4 Å². The largest absolute Gasteiger partial charge is 0.496 e. The van der Waals surface area contributed by atoms with E-state index in [1.807, 2.05) is 12.3 Å². The minimum absolute atomic E-state index is 0.0126. The van der Waals surface area contributed by atoms with Gasteiger partial charge in [0.2, 0.25) is 0 Å². The van der Waals surface area contributed by atoms with E-state index >= 15 is 0 Å². The van der Waals surface area contributed by atoms with Crippen molar-refractivity contribution in [1.29, 1.82) is 0 Å². The first-order chi connectivity index (χ1) is 10.1. The van der Waals surface area contributed by atoms with E-state index in [0.717, 1.165) is 11.3 Å². The Kier molecular flexibility index (Phi) is 5.72. The van der Waals surface area contributed by atoms with E-state index in [9.17, 15) is 8.78 Å². The number of rotatable bonds is 6. The Bertz CT molecular complexity index is 618. The third kappa shape index (κ3) is 3.44. The average molecular weight is 376 g/mol. The number of hydrogen-bond donors (Lipinski definition) is 1. The quantitative estimate of drug-likeness (QED) is 0.725. The molecule has 1 heterocycles. The van der Waals surface area contributed by atoms with Crippen LogP contribution >= 0.6 is 27.3 Å². The van der Waals surface area contributed by atoms with E-state index in [2.05, 4.69) is 21.2 Å². The number of thiophene rings is 1. The van der Waals surface area contributed by atoms with Crippen LogP contribution in [-0.2, 0) is 0 Å². The van der Waals surface area contributed by atoms with Gasteiger partial charge in [-0.05, 0) is 52.5 Å². The fraction of sp³-hybridized carbons (Fsp3) is 0.333. The monoisotopic (exact) mass is 375 g/mol. The second-order valence-electron chi connectivity index (χ2n) is 4.50. The van der Waals surface area contributed by atoms with Crippen molar-refractivity contribution in [2.24, 2.45) is 0 Å². The molecule has 1 atom stereocenters. The van der Waals surface area contributed by atoms with Crippen LogP contribution in [0.5, 0.6) is 5.75 Å². The van der Waals surface area contributed by atoms with E-state index in [4.69, 9.17) is 4.74 Å². The molecule has 0 aliphatic carbocycles. The van der Waals surface area contributed by atoms with Gasteiger partial charge < -0.3 is 10.1 Å². The van der Waals surface area contributed by atoms with Crippen molar-refractivity contribution >= 4 is 27.3 Å². The molecule has 0 spiro atoms. The van der Waals surface area contributed by atoms with Gasteiger partial charge in [0, 0.05) is 5.56 Å². The third-order valence-corrected chi connectivity index (χ3v) is 4.68. The van der Waals surface area contributed by atoms with E-state index in [1.165, 1.54) is 23.5 Å². The molecular formula is C15H16BrF2NOS. The molecule has 0 fully saturated rings. The summed E-state index contributed by atoms with van der Waals surface area (Å²) >= 11 is 4.53. The van der Waals surface area contributed by atoms with Crippen molar-refractivity contribution in [3.05, 3.63) is 50.1 Å². The van der Waals surface area contributed by atoms with Crippen molar-refractivity contribution in [2.75, 3.05) is 13.7 Å². The number of benzene rings is 1. The van der Waals surface area contributed by atoms with Crippen LogP contribution in [0.15, 0.2) is 28.1 Å². The highest BCUT2D eigenvalue weighted by Crippen LogP contribution is 2.38. The van der Waals surface area contributed by atoms with Crippen molar-refractivity contribution in [3.63, 3.8) is 0 Å². The molecule has 0 amide bonds. The molecule has 114 valence electrons. The Morgan fingerprint density at radius 2 is 2.10 bits per heavy atom. The van der Waals surface area contributed by atoms with E-state index in [-0.39, 0.29) is 10.0 Å². The maximum absolute atomic E-state index is 14.4. The van der Waals surface area contributed by atoms with E-state index < -0.39 is 17.7 Å². The van der Waals surface area contributed by atoms with Crippen LogP contribution in [0, 0.1) is 11.6 Å². The molecule has 2 nitrogen and oxygen atoms in total. The molecule has 0 radical (unpaired) electrons. The van der Waals surface area contributed by atoms with Gasteiger partial charge >= 0.3 is 0 Å². The maximum Gasteiger partial charge on any atom is 0.145 e. The van der Waals surface area contributed by atoms with Crippen molar-refractivity contribution in [1.82, 2.24) is 5.32 Å². The lowest BCUT2D eigenvalue weighted by atomic mass is 10.0. The molecule has 2 aromatic rings. The summed E-state index contributed by atoms with van der Waals surface area (Å²) < 4.78 is 34.1. The number of hydrogen-bond acceptors (Lipinski definition) is 3. The fourth-order valence-corrected chi connectivity index (χ4v) is 3.40. The molecule has 0 aliphatic rings. The summed E-state index contributed by atoms with van der Waals surface area (Å²) in [7, 11) is 1.55. The Morgan fingerprint density at radius 3 is 2.76 bits per heavy atom. The van der Waals surface area contributed by atoms with Gasteiger partial charge in [-0.3, -0.25) is 0 Å². The molecule has 0 saturated heterocycles. The van der Waals surface area contributed by atoms with Gasteiger partial charge in [0.25, 0.3) is 0 Å².